The predicted octanol–water partition coefficient (Wildman–Crippen LogP) is 0.956. The van der Waals surface area contributed by atoms with E-state index in [0.717, 1.165) is 39.0 Å². The fourth-order valence-corrected chi connectivity index (χ4v) is 3.89. The maximum Gasteiger partial charge on any atom is 0.308 e. The molecule has 2 saturated heterocycles. The lowest BCUT2D eigenvalue weighted by molar-refractivity contribution is -0.144. The SMILES string of the molecule is O=C(CC(CN1CCN(CC(=O)N2CCCC2)CC1)C(=O)O)Nc1ccccc1. The summed E-state index contributed by atoms with van der Waals surface area (Å²) < 4.78 is 0. The first kappa shape index (κ1) is 21.3. The van der Waals surface area contributed by atoms with Crippen molar-refractivity contribution >= 4 is 23.5 Å². The maximum absolute atomic E-state index is 12.3. The summed E-state index contributed by atoms with van der Waals surface area (Å²) >= 11 is 0. The van der Waals surface area contributed by atoms with Crippen molar-refractivity contribution in [2.75, 3.05) is 57.7 Å². The number of nitrogens with one attached hydrogen (secondary N) is 1. The molecule has 1 atom stereocenters. The molecule has 2 aliphatic heterocycles. The molecular formula is C21H30N4O4. The van der Waals surface area contributed by atoms with Crippen molar-refractivity contribution in [1.29, 1.82) is 0 Å². The lowest BCUT2D eigenvalue weighted by atomic mass is 10.0. The summed E-state index contributed by atoms with van der Waals surface area (Å²) in [4.78, 5) is 42.3. The number of piperazine rings is 1. The van der Waals surface area contributed by atoms with Gasteiger partial charge in [-0.15, -0.1) is 0 Å². The Morgan fingerprint density at radius 1 is 0.931 bits per heavy atom. The molecule has 29 heavy (non-hydrogen) atoms. The highest BCUT2D eigenvalue weighted by Crippen LogP contribution is 2.13. The van der Waals surface area contributed by atoms with Gasteiger partial charge in [0, 0.05) is 57.9 Å². The van der Waals surface area contributed by atoms with Crippen LogP contribution < -0.4 is 5.32 Å². The molecule has 0 bridgehead atoms. The van der Waals surface area contributed by atoms with Crippen molar-refractivity contribution in [3.63, 3.8) is 0 Å². The molecule has 1 aromatic carbocycles. The van der Waals surface area contributed by atoms with Crippen molar-refractivity contribution < 1.29 is 19.5 Å². The smallest absolute Gasteiger partial charge is 0.308 e. The minimum absolute atomic E-state index is 0.0577. The van der Waals surface area contributed by atoms with Gasteiger partial charge in [-0.3, -0.25) is 24.2 Å². The first-order chi connectivity index (χ1) is 14.0. The van der Waals surface area contributed by atoms with Crippen molar-refractivity contribution in [3.05, 3.63) is 30.3 Å². The second-order valence-electron chi connectivity index (χ2n) is 7.82. The van der Waals surface area contributed by atoms with E-state index in [-0.39, 0.29) is 18.2 Å². The van der Waals surface area contributed by atoms with Crippen LogP contribution in [-0.4, -0.2) is 89.9 Å². The molecule has 8 heteroatoms. The number of hydrogen-bond donors (Lipinski definition) is 2. The van der Waals surface area contributed by atoms with Gasteiger partial charge in [-0.05, 0) is 25.0 Å². The van der Waals surface area contributed by atoms with Gasteiger partial charge in [0.25, 0.3) is 0 Å². The third-order valence-corrected chi connectivity index (χ3v) is 5.60. The van der Waals surface area contributed by atoms with E-state index in [1.54, 1.807) is 12.1 Å². The predicted molar refractivity (Wildman–Crippen MR) is 110 cm³/mol. The van der Waals surface area contributed by atoms with Crippen LogP contribution in [0.1, 0.15) is 19.3 Å². The highest BCUT2D eigenvalue weighted by atomic mass is 16.4. The first-order valence-electron chi connectivity index (χ1n) is 10.3. The van der Waals surface area contributed by atoms with Gasteiger partial charge in [0.1, 0.15) is 0 Å². The average molecular weight is 402 g/mol. The summed E-state index contributed by atoms with van der Waals surface area (Å²) in [5.41, 5.74) is 0.665. The topological polar surface area (TPSA) is 93.2 Å². The lowest BCUT2D eigenvalue weighted by Crippen LogP contribution is -2.51. The number of para-hydroxylation sites is 1. The van der Waals surface area contributed by atoms with Gasteiger partial charge in [0.05, 0.1) is 12.5 Å². The number of nitrogens with zero attached hydrogens (tertiary/aromatic N) is 3. The molecule has 0 radical (unpaired) electrons. The molecule has 1 unspecified atom stereocenters. The van der Waals surface area contributed by atoms with E-state index in [0.29, 0.717) is 31.9 Å². The quantitative estimate of drug-likeness (QED) is 0.673. The maximum atomic E-state index is 12.3. The van der Waals surface area contributed by atoms with E-state index in [1.165, 1.54) is 0 Å². The van der Waals surface area contributed by atoms with Crippen molar-refractivity contribution in [2.24, 2.45) is 5.92 Å². The number of likely N-dealkylation sites (tertiary alicyclic amines) is 1. The van der Waals surface area contributed by atoms with Crippen LogP contribution in [0.15, 0.2) is 30.3 Å². The largest absolute Gasteiger partial charge is 0.481 e. The molecule has 3 rings (SSSR count). The molecule has 2 N–H and O–H groups in total. The zero-order valence-electron chi connectivity index (χ0n) is 16.8. The monoisotopic (exact) mass is 402 g/mol. The standard InChI is InChI=1S/C21H30N4O4/c26-19(22-18-6-2-1-3-7-18)14-17(21(28)29)15-23-10-12-24(13-11-23)16-20(27)25-8-4-5-9-25/h1-3,6-7,17H,4-5,8-16H2,(H,22,26)(H,28,29). The van der Waals surface area contributed by atoms with Crippen LogP contribution in [-0.2, 0) is 14.4 Å². The number of carboxylic acid groups (broad SMARTS) is 1. The molecular weight excluding hydrogens is 372 g/mol. The third-order valence-electron chi connectivity index (χ3n) is 5.60. The lowest BCUT2D eigenvalue weighted by Gasteiger charge is -2.36. The summed E-state index contributed by atoms with van der Waals surface area (Å²) in [7, 11) is 0. The van der Waals surface area contributed by atoms with Gasteiger partial charge < -0.3 is 15.3 Å². The number of carboxylic acids is 1. The van der Waals surface area contributed by atoms with Gasteiger partial charge in [-0.1, -0.05) is 18.2 Å². The number of aliphatic carboxylic acids is 1. The Balaban J connectivity index is 1.42. The van der Waals surface area contributed by atoms with Crippen LogP contribution in [0.25, 0.3) is 0 Å². The van der Waals surface area contributed by atoms with Gasteiger partial charge in [0.2, 0.25) is 11.8 Å². The molecule has 0 saturated carbocycles. The number of carbonyl (C=O) groups excluding carboxylic acids is 2. The fourth-order valence-electron chi connectivity index (χ4n) is 3.89. The Morgan fingerprint density at radius 2 is 1.55 bits per heavy atom. The molecule has 2 aliphatic rings. The number of carbonyl (C=O) groups is 3. The minimum atomic E-state index is -0.958. The summed E-state index contributed by atoms with van der Waals surface area (Å²) in [5.74, 6) is -1.81. The zero-order chi connectivity index (χ0) is 20.6. The molecule has 2 fully saturated rings. The Kier molecular flexibility index (Phi) is 7.60. The number of rotatable bonds is 8. The van der Waals surface area contributed by atoms with Crippen LogP contribution >= 0.6 is 0 Å². The zero-order valence-corrected chi connectivity index (χ0v) is 16.8. The molecule has 2 amide bonds. The van der Waals surface area contributed by atoms with Crippen LogP contribution in [0.2, 0.25) is 0 Å². The van der Waals surface area contributed by atoms with Gasteiger partial charge in [0.15, 0.2) is 0 Å². The second kappa shape index (κ2) is 10.4. The number of benzene rings is 1. The normalized spacial score (nSPS) is 19.1. The Morgan fingerprint density at radius 3 is 2.17 bits per heavy atom. The van der Waals surface area contributed by atoms with Crippen LogP contribution in [0.3, 0.4) is 0 Å². The summed E-state index contributed by atoms with van der Waals surface area (Å²) in [6.07, 6.45) is 2.12. The molecule has 0 aromatic heterocycles. The molecule has 0 aliphatic carbocycles. The highest BCUT2D eigenvalue weighted by Gasteiger charge is 2.28. The average Bonchev–Trinajstić information content (AvgIpc) is 3.24. The molecule has 158 valence electrons. The van der Waals surface area contributed by atoms with E-state index < -0.39 is 11.9 Å². The van der Waals surface area contributed by atoms with E-state index in [2.05, 4.69) is 15.1 Å². The van der Waals surface area contributed by atoms with Crippen LogP contribution in [0.5, 0.6) is 0 Å². The van der Waals surface area contributed by atoms with E-state index in [9.17, 15) is 19.5 Å². The van der Waals surface area contributed by atoms with E-state index in [4.69, 9.17) is 0 Å². The first-order valence-corrected chi connectivity index (χ1v) is 10.3. The van der Waals surface area contributed by atoms with Crippen molar-refractivity contribution in [2.45, 2.75) is 19.3 Å². The minimum Gasteiger partial charge on any atom is -0.481 e. The third kappa shape index (κ3) is 6.54. The van der Waals surface area contributed by atoms with Crippen molar-refractivity contribution in [1.82, 2.24) is 14.7 Å². The number of anilines is 1. The highest BCUT2D eigenvalue weighted by molar-refractivity contribution is 5.93. The molecule has 8 nitrogen and oxygen atoms in total. The molecule has 2 heterocycles. The van der Waals surface area contributed by atoms with Gasteiger partial charge in [-0.25, -0.2) is 0 Å². The Hall–Kier alpha value is -2.45. The second-order valence-corrected chi connectivity index (χ2v) is 7.82. The van der Waals surface area contributed by atoms with Gasteiger partial charge in [-0.2, -0.15) is 0 Å². The molecule has 0 spiro atoms. The summed E-state index contributed by atoms with van der Waals surface area (Å²) in [5, 5.41) is 12.3. The van der Waals surface area contributed by atoms with Crippen molar-refractivity contribution in [3.8, 4) is 0 Å². The Bertz CT molecular complexity index is 698. The van der Waals surface area contributed by atoms with E-state index >= 15 is 0 Å². The fraction of sp³-hybridized carbons (Fsp3) is 0.571. The summed E-state index contributed by atoms with van der Waals surface area (Å²) in [6, 6.07) is 9.04. The Labute approximate surface area is 171 Å². The number of amides is 2. The number of hydrogen-bond acceptors (Lipinski definition) is 5. The summed E-state index contributed by atoms with van der Waals surface area (Å²) in [6.45, 7) is 5.40. The molecule has 1 aromatic rings. The van der Waals surface area contributed by atoms with E-state index in [1.807, 2.05) is 23.1 Å². The van der Waals surface area contributed by atoms with Crippen LogP contribution in [0.4, 0.5) is 5.69 Å². The van der Waals surface area contributed by atoms with Gasteiger partial charge >= 0.3 is 5.97 Å². The van der Waals surface area contributed by atoms with Crippen LogP contribution in [0, 0.1) is 5.92 Å².